The molecule has 0 spiro atoms. The van der Waals surface area contributed by atoms with E-state index >= 15 is 0 Å². The second-order valence-corrected chi connectivity index (χ2v) is 3.56. The highest BCUT2D eigenvalue weighted by atomic mass is 16.5. The monoisotopic (exact) mass is 203 g/mol. The maximum absolute atomic E-state index is 10.9. The van der Waals surface area contributed by atoms with E-state index in [1.54, 1.807) is 0 Å². The van der Waals surface area contributed by atoms with Crippen LogP contribution < -0.4 is 5.73 Å². The predicted molar refractivity (Wildman–Crippen MR) is 54.9 cm³/mol. The number of hydrogen-bond donors (Lipinski definition) is 1. The zero-order chi connectivity index (χ0) is 11.0. The Kier molecular flexibility index (Phi) is 7.42. The summed E-state index contributed by atoms with van der Waals surface area (Å²) in [4.78, 5) is 10.9. The van der Waals surface area contributed by atoms with Crippen molar-refractivity contribution in [2.45, 2.75) is 32.7 Å². The van der Waals surface area contributed by atoms with Gasteiger partial charge >= 0.3 is 5.97 Å². The molecule has 84 valence electrons. The lowest BCUT2D eigenvalue weighted by molar-refractivity contribution is -0.143. The highest BCUT2D eigenvalue weighted by Crippen LogP contribution is 2.05. The van der Waals surface area contributed by atoms with Crippen LogP contribution in [0.4, 0.5) is 0 Å². The molecule has 0 aliphatic carbocycles. The van der Waals surface area contributed by atoms with Crippen molar-refractivity contribution >= 4 is 5.97 Å². The molecule has 0 saturated carbocycles. The molecule has 0 saturated heterocycles. The van der Waals surface area contributed by atoms with E-state index in [0.717, 1.165) is 12.8 Å². The van der Waals surface area contributed by atoms with Crippen molar-refractivity contribution in [3.05, 3.63) is 0 Å². The van der Waals surface area contributed by atoms with Crippen molar-refractivity contribution in [2.24, 2.45) is 11.7 Å². The van der Waals surface area contributed by atoms with Gasteiger partial charge in [-0.15, -0.1) is 0 Å². The van der Waals surface area contributed by atoms with Gasteiger partial charge in [0.1, 0.15) is 6.04 Å². The van der Waals surface area contributed by atoms with Crippen LogP contribution in [0.3, 0.4) is 0 Å². The molecule has 0 aliphatic heterocycles. The van der Waals surface area contributed by atoms with Crippen LogP contribution in [0.5, 0.6) is 0 Å². The molecule has 0 radical (unpaired) electrons. The number of ether oxygens (including phenoxy) is 2. The lowest BCUT2D eigenvalue weighted by atomic mass is 10.1. The highest BCUT2D eigenvalue weighted by Gasteiger charge is 2.13. The van der Waals surface area contributed by atoms with Crippen LogP contribution in [0.2, 0.25) is 0 Å². The van der Waals surface area contributed by atoms with Gasteiger partial charge in [0.25, 0.3) is 0 Å². The lowest BCUT2D eigenvalue weighted by Crippen LogP contribution is -2.36. The van der Waals surface area contributed by atoms with Crippen molar-refractivity contribution in [2.75, 3.05) is 20.3 Å². The molecule has 0 rings (SSSR count). The fourth-order valence-corrected chi connectivity index (χ4v) is 1.19. The SMILES string of the molecule is CCCC(C)COCC(N)C(=O)OC. The minimum absolute atomic E-state index is 0.237. The van der Waals surface area contributed by atoms with Gasteiger partial charge in [0.2, 0.25) is 0 Å². The molecule has 4 heteroatoms. The Morgan fingerprint density at radius 3 is 2.57 bits per heavy atom. The Morgan fingerprint density at radius 1 is 1.43 bits per heavy atom. The van der Waals surface area contributed by atoms with Crippen LogP contribution in [-0.2, 0) is 14.3 Å². The maximum atomic E-state index is 10.9. The summed E-state index contributed by atoms with van der Waals surface area (Å²) in [6.45, 7) is 5.14. The molecule has 0 amide bonds. The molecule has 14 heavy (non-hydrogen) atoms. The van der Waals surface area contributed by atoms with Crippen LogP contribution in [0.15, 0.2) is 0 Å². The third kappa shape index (κ3) is 5.94. The molecular formula is C10H21NO3. The fraction of sp³-hybridized carbons (Fsp3) is 0.900. The Hall–Kier alpha value is -0.610. The maximum Gasteiger partial charge on any atom is 0.325 e. The quantitative estimate of drug-likeness (QED) is 0.625. The van der Waals surface area contributed by atoms with Gasteiger partial charge in [-0.1, -0.05) is 20.3 Å². The number of carbonyl (C=O) groups is 1. The van der Waals surface area contributed by atoms with E-state index < -0.39 is 12.0 Å². The van der Waals surface area contributed by atoms with Gasteiger partial charge in [0, 0.05) is 6.61 Å². The molecule has 0 aromatic heterocycles. The van der Waals surface area contributed by atoms with Crippen LogP contribution in [0, 0.1) is 5.92 Å². The summed E-state index contributed by atoms with van der Waals surface area (Å²) in [6, 6.07) is -0.658. The van der Waals surface area contributed by atoms with E-state index in [1.807, 2.05) is 0 Å². The van der Waals surface area contributed by atoms with E-state index in [-0.39, 0.29) is 6.61 Å². The van der Waals surface area contributed by atoms with Crippen LogP contribution in [0.1, 0.15) is 26.7 Å². The van der Waals surface area contributed by atoms with Gasteiger partial charge in [0.05, 0.1) is 13.7 Å². The minimum atomic E-state index is -0.658. The zero-order valence-electron chi connectivity index (χ0n) is 9.29. The van der Waals surface area contributed by atoms with E-state index in [4.69, 9.17) is 10.5 Å². The first-order valence-electron chi connectivity index (χ1n) is 5.03. The Labute approximate surface area is 85.8 Å². The molecule has 0 bridgehead atoms. The summed E-state index contributed by atoms with van der Waals surface area (Å²) in [6.07, 6.45) is 2.28. The summed E-state index contributed by atoms with van der Waals surface area (Å²) in [5, 5.41) is 0. The standard InChI is InChI=1S/C10H21NO3/c1-4-5-8(2)6-14-7-9(11)10(12)13-3/h8-9H,4-7,11H2,1-3H3. The van der Waals surface area contributed by atoms with Crippen LogP contribution in [0.25, 0.3) is 0 Å². The second kappa shape index (κ2) is 7.76. The van der Waals surface area contributed by atoms with E-state index in [9.17, 15) is 4.79 Å². The van der Waals surface area contributed by atoms with Gasteiger partial charge in [-0.05, 0) is 12.3 Å². The third-order valence-corrected chi connectivity index (χ3v) is 1.99. The molecule has 2 N–H and O–H groups in total. The lowest BCUT2D eigenvalue weighted by Gasteiger charge is -2.13. The first-order valence-corrected chi connectivity index (χ1v) is 5.03. The molecule has 2 atom stereocenters. The first-order chi connectivity index (χ1) is 6.61. The first kappa shape index (κ1) is 13.4. The van der Waals surface area contributed by atoms with Crippen molar-refractivity contribution in [3.8, 4) is 0 Å². The molecule has 4 nitrogen and oxygen atoms in total. The number of hydrogen-bond acceptors (Lipinski definition) is 4. The van der Waals surface area contributed by atoms with E-state index in [1.165, 1.54) is 7.11 Å². The van der Waals surface area contributed by atoms with Gasteiger partial charge < -0.3 is 15.2 Å². The van der Waals surface area contributed by atoms with Crippen molar-refractivity contribution in [1.29, 1.82) is 0 Å². The molecule has 0 aromatic carbocycles. The predicted octanol–water partition coefficient (Wildman–Crippen LogP) is 0.939. The molecule has 0 heterocycles. The minimum Gasteiger partial charge on any atom is -0.468 e. The fourth-order valence-electron chi connectivity index (χ4n) is 1.19. The number of methoxy groups -OCH3 is 1. The third-order valence-electron chi connectivity index (χ3n) is 1.99. The largest absolute Gasteiger partial charge is 0.468 e. The summed E-state index contributed by atoms with van der Waals surface area (Å²) in [5.74, 6) is 0.0954. The molecule has 0 aliphatic rings. The molecule has 0 aromatic rings. The second-order valence-electron chi connectivity index (χ2n) is 3.56. The summed E-state index contributed by atoms with van der Waals surface area (Å²) in [5.41, 5.74) is 5.49. The number of nitrogens with two attached hydrogens (primary N) is 1. The number of esters is 1. The van der Waals surface area contributed by atoms with Gasteiger partial charge in [-0.3, -0.25) is 4.79 Å². The summed E-state index contributed by atoms with van der Waals surface area (Å²) >= 11 is 0. The van der Waals surface area contributed by atoms with Gasteiger partial charge in [0.15, 0.2) is 0 Å². The normalized spacial score (nSPS) is 14.9. The van der Waals surface area contributed by atoms with Crippen LogP contribution >= 0.6 is 0 Å². The Bertz CT molecular complexity index is 161. The average molecular weight is 203 g/mol. The molecule has 2 unspecified atom stereocenters. The summed E-state index contributed by atoms with van der Waals surface area (Å²) in [7, 11) is 1.32. The zero-order valence-corrected chi connectivity index (χ0v) is 9.29. The average Bonchev–Trinajstić information content (AvgIpc) is 2.16. The Morgan fingerprint density at radius 2 is 2.07 bits per heavy atom. The van der Waals surface area contributed by atoms with Crippen LogP contribution in [-0.4, -0.2) is 32.3 Å². The topological polar surface area (TPSA) is 61.5 Å². The van der Waals surface area contributed by atoms with E-state index in [2.05, 4.69) is 18.6 Å². The van der Waals surface area contributed by atoms with Crippen molar-refractivity contribution < 1.29 is 14.3 Å². The van der Waals surface area contributed by atoms with Crippen molar-refractivity contribution in [3.63, 3.8) is 0 Å². The number of rotatable bonds is 7. The molecular weight excluding hydrogens is 182 g/mol. The van der Waals surface area contributed by atoms with Crippen molar-refractivity contribution in [1.82, 2.24) is 0 Å². The Balaban J connectivity index is 3.48. The molecule has 0 fully saturated rings. The summed E-state index contributed by atoms with van der Waals surface area (Å²) < 4.78 is 9.78. The van der Waals surface area contributed by atoms with E-state index in [0.29, 0.717) is 12.5 Å². The van der Waals surface area contributed by atoms with Gasteiger partial charge in [-0.25, -0.2) is 0 Å². The number of carbonyl (C=O) groups excluding carboxylic acids is 1. The van der Waals surface area contributed by atoms with Gasteiger partial charge in [-0.2, -0.15) is 0 Å². The highest BCUT2D eigenvalue weighted by molar-refractivity contribution is 5.75. The smallest absolute Gasteiger partial charge is 0.325 e.